The maximum Gasteiger partial charge on any atom is 0.319 e. The fourth-order valence-electron chi connectivity index (χ4n) is 2.14. The maximum atomic E-state index is 13.1. The Balaban J connectivity index is 1.53. The third-order valence-corrected chi connectivity index (χ3v) is 3.91. The molecular formula is C18H16FN3O2S. The molecule has 0 bridgehead atoms. The number of anilines is 1. The van der Waals surface area contributed by atoms with Crippen LogP contribution in [-0.2, 0) is 13.2 Å². The Morgan fingerprint density at radius 1 is 1.16 bits per heavy atom. The van der Waals surface area contributed by atoms with Crippen molar-refractivity contribution in [1.82, 2.24) is 9.69 Å². The number of hydrogen-bond donors (Lipinski definition) is 2. The average Bonchev–Trinajstić information content (AvgIpc) is 3.12. The Kier molecular flexibility index (Phi) is 5.58. The van der Waals surface area contributed by atoms with Crippen LogP contribution in [-0.4, -0.2) is 10.4 Å². The van der Waals surface area contributed by atoms with Crippen LogP contribution in [0.2, 0.25) is 0 Å². The van der Waals surface area contributed by atoms with Crippen molar-refractivity contribution in [2.24, 2.45) is 0 Å². The zero-order valence-electron chi connectivity index (χ0n) is 13.2. The summed E-state index contributed by atoms with van der Waals surface area (Å²) >= 11 is 1.34. The molecular weight excluding hydrogens is 341 g/mol. The van der Waals surface area contributed by atoms with Crippen LogP contribution in [0.3, 0.4) is 0 Å². The van der Waals surface area contributed by atoms with Gasteiger partial charge in [0, 0.05) is 17.1 Å². The summed E-state index contributed by atoms with van der Waals surface area (Å²) < 4.78 is 22.8. The van der Waals surface area contributed by atoms with E-state index in [1.807, 2.05) is 29.6 Å². The molecule has 0 saturated heterocycles. The number of urea groups is 1. The predicted octanol–water partition coefficient (Wildman–Crippen LogP) is 4.18. The minimum atomic E-state index is -0.343. The molecule has 5 nitrogen and oxygen atoms in total. The monoisotopic (exact) mass is 357 g/mol. The number of benzene rings is 2. The summed E-state index contributed by atoms with van der Waals surface area (Å²) in [7, 11) is 0. The molecule has 25 heavy (non-hydrogen) atoms. The average molecular weight is 357 g/mol. The molecule has 2 N–H and O–H groups in total. The number of aromatic nitrogens is 1. The first-order valence-electron chi connectivity index (χ1n) is 7.60. The molecule has 0 unspecified atom stereocenters. The van der Waals surface area contributed by atoms with Gasteiger partial charge in [-0.1, -0.05) is 18.2 Å². The fraction of sp³-hybridized carbons (Fsp3) is 0.111. The largest absolute Gasteiger partial charge is 0.489 e. The Hall–Kier alpha value is -2.93. The summed E-state index contributed by atoms with van der Waals surface area (Å²) in [5, 5.41) is 7.36. The van der Waals surface area contributed by atoms with E-state index in [-0.39, 0.29) is 18.5 Å². The molecule has 0 fully saturated rings. The Morgan fingerprint density at radius 2 is 2.04 bits per heavy atom. The highest BCUT2D eigenvalue weighted by atomic mass is 32.1. The predicted molar refractivity (Wildman–Crippen MR) is 95.1 cm³/mol. The highest BCUT2D eigenvalue weighted by Gasteiger charge is 2.04. The second-order valence-corrected chi connectivity index (χ2v) is 5.91. The van der Waals surface area contributed by atoms with Crippen molar-refractivity contribution >= 4 is 23.3 Å². The van der Waals surface area contributed by atoms with Gasteiger partial charge in [0.1, 0.15) is 18.2 Å². The minimum Gasteiger partial charge on any atom is -0.489 e. The quantitative estimate of drug-likeness (QED) is 0.695. The summed E-state index contributed by atoms with van der Waals surface area (Å²) in [6.07, 6.45) is 0. The van der Waals surface area contributed by atoms with Crippen LogP contribution in [0.25, 0.3) is 0 Å². The van der Waals surface area contributed by atoms with Gasteiger partial charge in [0.05, 0.1) is 12.2 Å². The van der Waals surface area contributed by atoms with Gasteiger partial charge in [-0.3, -0.25) is 0 Å². The second kappa shape index (κ2) is 8.25. The molecule has 2 aromatic carbocycles. The smallest absolute Gasteiger partial charge is 0.319 e. The first-order chi connectivity index (χ1) is 12.2. The van der Waals surface area contributed by atoms with Gasteiger partial charge in [0.2, 0.25) is 0 Å². The van der Waals surface area contributed by atoms with Crippen LogP contribution >= 0.6 is 11.5 Å². The summed E-state index contributed by atoms with van der Waals surface area (Å²) in [5.41, 5.74) is 2.33. The number of ether oxygens (including phenoxy) is 1. The van der Waals surface area contributed by atoms with Crippen LogP contribution in [0.5, 0.6) is 5.75 Å². The number of hydrogen-bond acceptors (Lipinski definition) is 4. The molecule has 128 valence electrons. The van der Waals surface area contributed by atoms with Gasteiger partial charge < -0.3 is 15.4 Å². The van der Waals surface area contributed by atoms with Gasteiger partial charge in [0.25, 0.3) is 0 Å². The van der Waals surface area contributed by atoms with E-state index in [1.165, 1.54) is 23.7 Å². The van der Waals surface area contributed by atoms with Crippen molar-refractivity contribution in [3.8, 4) is 5.75 Å². The topological polar surface area (TPSA) is 63.2 Å². The summed E-state index contributed by atoms with van der Waals surface area (Å²) in [6, 6.07) is 14.8. The number of nitrogens with zero attached hydrogens (tertiary/aromatic N) is 1. The van der Waals surface area contributed by atoms with Gasteiger partial charge >= 0.3 is 6.03 Å². The number of halogens is 1. The van der Waals surface area contributed by atoms with E-state index in [0.29, 0.717) is 18.0 Å². The van der Waals surface area contributed by atoms with E-state index >= 15 is 0 Å². The molecule has 3 rings (SSSR count). The van der Waals surface area contributed by atoms with Crippen molar-refractivity contribution in [3.63, 3.8) is 0 Å². The molecule has 0 aliphatic heterocycles. The maximum absolute atomic E-state index is 13.1. The summed E-state index contributed by atoms with van der Waals surface area (Å²) in [4.78, 5) is 11.9. The van der Waals surface area contributed by atoms with Gasteiger partial charge in [0.15, 0.2) is 0 Å². The Labute approximate surface area is 148 Å². The minimum absolute atomic E-state index is 0.277. The molecule has 7 heteroatoms. The van der Waals surface area contributed by atoms with Crippen molar-refractivity contribution in [1.29, 1.82) is 0 Å². The van der Waals surface area contributed by atoms with Crippen molar-refractivity contribution in [2.75, 3.05) is 5.32 Å². The Bertz CT molecular complexity index is 840. The normalized spacial score (nSPS) is 10.3. The van der Waals surface area contributed by atoms with Gasteiger partial charge in [-0.2, -0.15) is 4.37 Å². The zero-order valence-corrected chi connectivity index (χ0v) is 14.1. The molecule has 0 spiro atoms. The third kappa shape index (κ3) is 5.29. The molecule has 3 aromatic rings. The molecule has 0 saturated carbocycles. The van der Waals surface area contributed by atoms with E-state index in [1.54, 1.807) is 18.2 Å². The number of rotatable bonds is 6. The Morgan fingerprint density at radius 3 is 2.84 bits per heavy atom. The van der Waals surface area contributed by atoms with Gasteiger partial charge in [-0.05, 0) is 47.4 Å². The van der Waals surface area contributed by atoms with E-state index < -0.39 is 0 Å². The van der Waals surface area contributed by atoms with Crippen molar-refractivity contribution in [3.05, 3.63) is 77.1 Å². The standard InChI is InChI=1S/C18H16FN3O2S/c19-14-4-2-6-17(10-14)24-12-13-3-1-5-15(9-13)21-18(23)20-11-16-7-8-25-22-16/h1-10H,11-12H2,(H2,20,21,23). The van der Waals surface area contributed by atoms with Crippen LogP contribution in [0.4, 0.5) is 14.9 Å². The number of amides is 2. The number of nitrogens with one attached hydrogen (secondary N) is 2. The van der Waals surface area contributed by atoms with Crippen LogP contribution in [0.15, 0.2) is 60.0 Å². The van der Waals surface area contributed by atoms with Crippen molar-refractivity contribution in [2.45, 2.75) is 13.2 Å². The SMILES string of the molecule is O=C(NCc1ccsn1)Nc1cccc(COc2cccc(F)c2)c1. The van der Waals surface area contributed by atoms with Crippen LogP contribution in [0, 0.1) is 5.82 Å². The van der Waals surface area contributed by atoms with E-state index in [2.05, 4.69) is 15.0 Å². The van der Waals surface area contributed by atoms with Crippen molar-refractivity contribution < 1.29 is 13.9 Å². The van der Waals surface area contributed by atoms with E-state index in [9.17, 15) is 9.18 Å². The highest BCUT2D eigenvalue weighted by molar-refractivity contribution is 7.03. The lowest BCUT2D eigenvalue weighted by atomic mass is 10.2. The number of carbonyl (C=O) groups is 1. The first-order valence-corrected chi connectivity index (χ1v) is 8.44. The van der Waals surface area contributed by atoms with Gasteiger partial charge in [-0.25, -0.2) is 9.18 Å². The lowest BCUT2D eigenvalue weighted by molar-refractivity contribution is 0.251. The molecule has 0 aliphatic rings. The highest BCUT2D eigenvalue weighted by Crippen LogP contribution is 2.16. The lowest BCUT2D eigenvalue weighted by Crippen LogP contribution is -2.28. The fourth-order valence-corrected chi connectivity index (χ4v) is 2.68. The lowest BCUT2D eigenvalue weighted by Gasteiger charge is -2.10. The number of carbonyl (C=O) groups excluding carboxylic acids is 1. The first kappa shape index (κ1) is 16.9. The molecule has 0 radical (unpaired) electrons. The molecule has 2 amide bonds. The molecule has 1 heterocycles. The van der Waals surface area contributed by atoms with Crippen LogP contribution < -0.4 is 15.4 Å². The molecule has 0 aliphatic carbocycles. The second-order valence-electron chi connectivity index (χ2n) is 5.24. The third-order valence-electron chi connectivity index (χ3n) is 3.31. The molecule has 0 atom stereocenters. The van der Waals surface area contributed by atoms with E-state index in [0.717, 1.165) is 11.3 Å². The summed E-state index contributed by atoms with van der Waals surface area (Å²) in [5.74, 6) is 0.115. The zero-order chi connectivity index (χ0) is 17.5. The summed E-state index contributed by atoms with van der Waals surface area (Å²) in [6.45, 7) is 0.650. The van der Waals surface area contributed by atoms with Crippen LogP contribution in [0.1, 0.15) is 11.3 Å². The molecule has 1 aromatic heterocycles. The van der Waals surface area contributed by atoms with E-state index in [4.69, 9.17) is 4.74 Å². The van der Waals surface area contributed by atoms with Gasteiger partial charge in [-0.15, -0.1) is 0 Å².